The fraction of sp³-hybridized carbons (Fsp3) is 0.647. The number of carbonyl (C=O) groups excluding carboxylic acids is 1. The third-order valence-corrected chi connectivity index (χ3v) is 5.28. The molecule has 1 aromatic heterocycles. The van der Waals surface area contributed by atoms with Gasteiger partial charge in [-0.1, -0.05) is 17.7 Å². The van der Waals surface area contributed by atoms with Gasteiger partial charge in [0.25, 0.3) is 0 Å². The molecule has 0 radical (unpaired) electrons. The Hall–Kier alpha value is -1.58. The minimum absolute atomic E-state index is 0.0669. The number of hydrogen-bond acceptors (Lipinski definition) is 3. The van der Waals surface area contributed by atoms with Gasteiger partial charge < -0.3 is 9.84 Å². The highest BCUT2D eigenvalue weighted by molar-refractivity contribution is 5.72. The Morgan fingerprint density at radius 1 is 1.57 bits per heavy atom. The SMILES string of the molecule is CC(=O)NCCC[C@H]1CCCC2=Cc3oncc3C[C@@]21C. The average Bonchev–Trinajstić information content (AvgIpc) is 2.87. The molecule has 1 fully saturated rings. The third-order valence-electron chi connectivity index (χ3n) is 5.28. The molecule has 1 saturated carbocycles. The molecule has 0 spiro atoms. The summed E-state index contributed by atoms with van der Waals surface area (Å²) in [5.74, 6) is 1.72. The molecule has 0 bridgehead atoms. The zero-order valence-electron chi connectivity index (χ0n) is 12.9. The van der Waals surface area contributed by atoms with Crippen molar-refractivity contribution in [3.8, 4) is 0 Å². The van der Waals surface area contributed by atoms with Gasteiger partial charge in [-0.25, -0.2) is 0 Å². The lowest BCUT2D eigenvalue weighted by Gasteiger charge is -2.45. The zero-order valence-corrected chi connectivity index (χ0v) is 12.9. The first kappa shape index (κ1) is 14.4. The van der Waals surface area contributed by atoms with Crippen LogP contribution in [0.3, 0.4) is 0 Å². The van der Waals surface area contributed by atoms with Gasteiger partial charge in [-0.3, -0.25) is 4.79 Å². The van der Waals surface area contributed by atoms with Crippen LogP contribution < -0.4 is 5.32 Å². The lowest BCUT2D eigenvalue weighted by molar-refractivity contribution is -0.118. The maximum absolute atomic E-state index is 11.0. The maximum Gasteiger partial charge on any atom is 0.216 e. The number of nitrogens with one attached hydrogen (secondary N) is 1. The van der Waals surface area contributed by atoms with Crippen LogP contribution in [0.2, 0.25) is 0 Å². The molecule has 21 heavy (non-hydrogen) atoms. The number of carbonyl (C=O) groups is 1. The lowest BCUT2D eigenvalue weighted by atomic mass is 9.59. The van der Waals surface area contributed by atoms with Crippen molar-refractivity contribution >= 4 is 12.0 Å². The number of aromatic nitrogens is 1. The molecule has 3 rings (SSSR count). The quantitative estimate of drug-likeness (QED) is 0.865. The van der Waals surface area contributed by atoms with E-state index in [9.17, 15) is 4.79 Å². The van der Waals surface area contributed by atoms with Gasteiger partial charge in [0, 0.05) is 19.0 Å². The number of rotatable bonds is 4. The number of hydrogen-bond donors (Lipinski definition) is 1. The van der Waals surface area contributed by atoms with E-state index in [0.717, 1.165) is 25.1 Å². The van der Waals surface area contributed by atoms with Crippen molar-refractivity contribution in [2.75, 3.05) is 6.54 Å². The summed E-state index contributed by atoms with van der Waals surface area (Å²) in [5, 5.41) is 6.85. The van der Waals surface area contributed by atoms with E-state index < -0.39 is 0 Å². The van der Waals surface area contributed by atoms with Crippen molar-refractivity contribution in [1.82, 2.24) is 10.5 Å². The topological polar surface area (TPSA) is 55.1 Å². The number of amides is 1. The largest absolute Gasteiger partial charge is 0.357 e. The second-order valence-electron chi connectivity index (χ2n) is 6.69. The van der Waals surface area contributed by atoms with Gasteiger partial charge in [-0.2, -0.15) is 0 Å². The molecule has 2 atom stereocenters. The van der Waals surface area contributed by atoms with Crippen LogP contribution in [0, 0.1) is 11.3 Å². The van der Waals surface area contributed by atoms with E-state index in [1.165, 1.54) is 36.8 Å². The van der Waals surface area contributed by atoms with Gasteiger partial charge in [0.15, 0.2) is 5.76 Å². The Morgan fingerprint density at radius 3 is 3.24 bits per heavy atom. The number of allylic oxidation sites excluding steroid dienone is 1. The van der Waals surface area contributed by atoms with Crippen LogP contribution in [0.25, 0.3) is 6.08 Å². The van der Waals surface area contributed by atoms with Gasteiger partial charge in [-0.15, -0.1) is 0 Å². The van der Waals surface area contributed by atoms with Gasteiger partial charge >= 0.3 is 0 Å². The maximum atomic E-state index is 11.0. The predicted octanol–water partition coefficient (Wildman–Crippen LogP) is 3.34. The van der Waals surface area contributed by atoms with Gasteiger partial charge in [0.05, 0.1) is 6.20 Å². The molecule has 4 nitrogen and oxygen atoms in total. The molecule has 1 aromatic rings. The molecule has 1 heterocycles. The van der Waals surface area contributed by atoms with Gasteiger partial charge in [0.2, 0.25) is 5.91 Å². The van der Waals surface area contributed by atoms with E-state index in [1.54, 1.807) is 6.92 Å². The molecule has 114 valence electrons. The Labute approximate surface area is 126 Å². The van der Waals surface area contributed by atoms with Gasteiger partial charge in [0.1, 0.15) is 0 Å². The number of fused-ring (bicyclic) bond motifs is 2. The molecule has 1 amide bonds. The third kappa shape index (κ3) is 2.76. The van der Waals surface area contributed by atoms with E-state index >= 15 is 0 Å². The molecule has 2 aliphatic carbocycles. The Bertz CT molecular complexity index is 561. The molecule has 0 aliphatic heterocycles. The second-order valence-corrected chi connectivity index (χ2v) is 6.69. The highest BCUT2D eigenvalue weighted by atomic mass is 16.5. The Kier molecular flexibility index (Phi) is 3.87. The van der Waals surface area contributed by atoms with Crippen molar-refractivity contribution in [2.45, 2.75) is 52.4 Å². The van der Waals surface area contributed by atoms with Gasteiger partial charge in [-0.05, 0) is 55.9 Å². The average molecular weight is 288 g/mol. The molecule has 0 saturated heterocycles. The Balaban J connectivity index is 1.70. The summed E-state index contributed by atoms with van der Waals surface area (Å²) < 4.78 is 5.34. The van der Waals surface area contributed by atoms with E-state index in [-0.39, 0.29) is 11.3 Å². The van der Waals surface area contributed by atoms with Crippen LogP contribution in [0.1, 0.15) is 57.3 Å². The fourth-order valence-electron chi connectivity index (χ4n) is 4.05. The molecule has 4 heteroatoms. The van der Waals surface area contributed by atoms with E-state index in [1.807, 2.05) is 6.20 Å². The summed E-state index contributed by atoms with van der Waals surface area (Å²) in [6.07, 6.45) is 11.1. The summed E-state index contributed by atoms with van der Waals surface area (Å²) in [7, 11) is 0. The van der Waals surface area contributed by atoms with Crippen LogP contribution in [0.15, 0.2) is 16.3 Å². The number of nitrogens with zero attached hydrogens (tertiary/aromatic N) is 1. The normalized spacial score (nSPS) is 27.5. The fourth-order valence-corrected chi connectivity index (χ4v) is 4.05. The van der Waals surface area contributed by atoms with Crippen LogP contribution in [-0.2, 0) is 11.2 Å². The van der Waals surface area contributed by atoms with Crippen molar-refractivity contribution in [3.63, 3.8) is 0 Å². The molecule has 1 N–H and O–H groups in total. The lowest BCUT2D eigenvalue weighted by Crippen LogP contribution is -2.37. The zero-order chi connectivity index (χ0) is 14.9. The molecule has 0 unspecified atom stereocenters. The van der Waals surface area contributed by atoms with Crippen LogP contribution in [0.5, 0.6) is 0 Å². The molecule has 0 aromatic carbocycles. The minimum atomic E-state index is 0.0669. The first-order valence-electron chi connectivity index (χ1n) is 7.98. The predicted molar refractivity (Wildman–Crippen MR) is 81.5 cm³/mol. The summed E-state index contributed by atoms with van der Waals surface area (Å²) in [6.45, 7) is 4.77. The highest BCUT2D eigenvalue weighted by Gasteiger charge is 2.42. The van der Waals surface area contributed by atoms with Crippen molar-refractivity contribution < 1.29 is 9.32 Å². The standard InChI is InChI=1S/C17H24N2O2/c1-12(20)18-8-4-7-14-5-3-6-15-9-16-13(11-19-21-16)10-17(14,15)2/h9,11,14H,3-8,10H2,1-2H3,(H,18,20)/t14-,17-/m1/s1. The van der Waals surface area contributed by atoms with Crippen molar-refractivity contribution in [3.05, 3.63) is 23.1 Å². The molecule has 2 aliphatic rings. The summed E-state index contributed by atoms with van der Waals surface area (Å²) in [5.41, 5.74) is 3.02. The van der Waals surface area contributed by atoms with Crippen LogP contribution >= 0.6 is 0 Å². The Morgan fingerprint density at radius 2 is 2.43 bits per heavy atom. The summed E-state index contributed by atoms with van der Waals surface area (Å²) >= 11 is 0. The summed E-state index contributed by atoms with van der Waals surface area (Å²) in [4.78, 5) is 11.0. The first-order valence-corrected chi connectivity index (χ1v) is 7.98. The van der Waals surface area contributed by atoms with Crippen molar-refractivity contribution in [2.24, 2.45) is 11.3 Å². The van der Waals surface area contributed by atoms with Crippen molar-refractivity contribution in [1.29, 1.82) is 0 Å². The highest BCUT2D eigenvalue weighted by Crippen LogP contribution is 2.52. The smallest absolute Gasteiger partial charge is 0.216 e. The second kappa shape index (κ2) is 5.66. The van der Waals surface area contributed by atoms with Crippen LogP contribution in [0.4, 0.5) is 0 Å². The van der Waals surface area contributed by atoms with E-state index in [0.29, 0.717) is 5.92 Å². The summed E-state index contributed by atoms with van der Waals surface area (Å²) in [6, 6.07) is 0. The first-order chi connectivity index (χ1) is 10.1. The molecular weight excluding hydrogens is 264 g/mol. The minimum Gasteiger partial charge on any atom is -0.357 e. The van der Waals surface area contributed by atoms with Crippen LogP contribution in [-0.4, -0.2) is 17.6 Å². The van der Waals surface area contributed by atoms with E-state index in [2.05, 4.69) is 23.5 Å². The van der Waals surface area contributed by atoms with E-state index in [4.69, 9.17) is 4.52 Å². The molecular formula is C17H24N2O2. The monoisotopic (exact) mass is 288 g/mol.